The second-order valence-corrected chi connectivity index (χ2v) is 8.23. The summed E-state index contributed by atoms with van der Waals surface area (Å²) in [5.41, 5.74) is 9.37. The van der Waals surface area contributed by atoms with Gasteiger partial charge in [0.15, 0.2) is 0 Å². The maximum Gasteiger partial charge on any atom is 0.130 e. The predicted octanol–water partition coefficient (Wildman–Crippen LogP) is 2.84. The van der Waals surface area contributed by atoms with E-state index in [4.69, 9.17) is 11.6 Å². The number of nitrogens with two attached hydrogens (primary N) is 2. The van der Waals surface area contributed by atoms with Crippen LogP contribution >= 0.6 is 0 Å². The minimum absolute atomic E-state index is 0.445. The Morgan fingerprint density at radius 2 is 1.97 bits per heavy atom. The molecular weight excluding hydrogens is 388 g/mol. The molecule has 0 unspecified atom stereocenters. The van der Waals surface area contributed by atoms with Gasteiger partial charge in [0.1, 0.15) is 5.82 Å². The SMILES string of the molecule is C=C(Nc1cc2cc(/C(N)=C/N(C)N)ccc2cn1)c1cnn(C2CCN(C)CC2)c1. The van der Waals surface area contributed by atoms with E-state index in [0.29, 0.717) is 11.7 Å². The van der Waals surface area contributed by atoms with Gasteiger partial charge in [0.05, 0.1) is 17.9 Å². The van der Waals surface area contributed by atoms with Gasteiger partial charge in [-0.15, -0.1) is 0 Å². The molecule has 8 nitrogen and oxygen atoms in total. The normalized spacial score (nSPS) is 15.9. The largest absolute Gasteiger partial charge is 0.397 e. The first-order chi connectivity index (χ1) is 14.9. The van der Waals surface area contributed by atoms with Crippen LogP contribution in [0.5, 0.6) is 0 Å². The van der Waals surface area contributed by atoms with Gasteiger partial charge in [0.2, 0.25) is 0 Å². The highest BCUT2D eigenvalue weighted by Gasteiger charge is 2.19. The van der Waals surface area contributed by atoms with Crippen LogP contribution in [0.2, 0.25) is 0 Å². The smallest absolute Gasteiger partial charge is 0.130 e. The molecule has 1 aromatic carbocycles. The van der Waals surface area contributed by atoms with Crippen LogP contribution in [0.25, 0.3) is 22.2 Å². The number of nitrogens with one attached hydrogen (secondary N) is 1. The highest BCUT2D eigenvalue weighted by atomic mass is 15.4. The number of piperidine rings is 1. The van der Waals surface area contributed by atoms with E-state index < -0.39 is 0 Å². The summed E-state index contributed by atoms with van der Waals surface area (Å²) in [4.78, 5) is 6.88. The third-order valence-electron chi connectivity index (χ3n) is 5.69. The zero-order valence-electron chi connectivity index (χ0n) is 18.1. The Bertz CT molecular complexity index is 1110. The number of aromatic nitrogens is 3. The molecule has 2 aromatic heterocycles. The van der Waals surface area contributed by atoms with Crippen molar-refractivity contribution in [2.24, 2.45) is 11.6 Å². The molecule has 1 fully saturated rings. The molecule has 0 atom stereocenters. The van der Waals surface area contributed by atoms with Crippen LogP contribution in [0, 0.1) is 0 Å². The summed E-state index contributed by atoms with van der Waals surface area (Å²) >= 11 is 0. The Morgan fingerprint density at radius 3 is 2.71 bits per heavy atom. The van der Waals surface area contributed by atoms with Crippen LogP contribution in [0.15, 0.2) is 55.6 Å². The number of hydrazine groups is 1. The summed E-state index contributed by atoms with van der Waals surface area (Å²) in [5.74, 6) is 6.39. The van der Waals surface area contributed by atoms with Crippen LogP contribution < -0.4 is 16.9 Å². The van der Waals surface area contributed by atoms with Crippen molar-refractivity contribution in [2.45, 2.75) is 18.9 Å². The molecule has 8 heteroatoms. The molecule has 1 aliphatic rings. The number of fused-ring (bicyclic) bond motifs is 1. The predicted molar refractivity (Wildman–Crippen MR) is 127 cm³/mol. The van der Waals surface area contributed by atoms with Gasteiger partial charge >= 0.3 is 0 Å². The van der Waals surface area contributed by atoms with Crippen molar-refractivity contribution in [3.63, 3.8) is 0 Å². The molecule has 4 rings (SSSR count). The van der Waals surface area contributed by atoms with Crippen LogP contribution in [0.3, 0.4) is 0 Å². The number of anilines is 1. The molecule has 0 spiro atoms. The first-order valence-electron chi connectivity index (χ1n) is 10.4. The highest BCUT2D eigenvalue weighted by Crippen LogP contribution is 2.25. The second-order valence-electron chi connectivity index (χ2n) is 8.23. The number of likely N-dealkylation sites (tertiary alicyclic amines) is 1. The molecule has 0 saturated carbocycles. The van der Waals surface area contributed by atoms with Crippen LogP contribution in [0.1, 0.15) is 30.0 Å². The van der Waals surface area contributed by atoms with Crippen molar-refractivity contribution < 1.29 is 0 Å². The minimum atomic E-state index is 0.445. The number of pyridine rings is 1. The lowest BCUT2D eigenvalue weighted by atomic mass is 10.1. The Kier molecular flexibility index (Phi) is 5.92. The first kappa shape index (κ1) is 20.9. The molecule has 1 aliphatic heterocycles. The fraction of sp³-hybridized carbons (Fsp3) is 0.304. The highest BCUT2D eigenvalue weighted by molar-refractivity contribution is 5.88. The summed E-state index contributed by atoms with van der Waals surface area (Å²) in [6, 6.07) is 8.42. The van der Waals surface area contributed by atoms with Gasteiger partial charge in [-0.1, -0.05) is 18.7 Å². The van der Waals surface area contributed by atoms with E-state index in [-0.39, 0.29) is 0 Å². The van der Waals surface area contributed by atoms with E-state index in [1.165, 1.54) is 5.01 Å². The third-order valence-corrected chi connectivity index (χ3v) is 5.69. The van der Waals surface area contributed by atoms with Crippen molar-refractivity contribution in [3.8, 4) is 0 Å². The zero-order chi connectivity index (χ0) is 22.0. The monoisotopic (exact) mass is 418 g/mol. The van der Waals surface area contributed by atoms with E-state index in [9.17, 15) is 0 Å². The average Bonchev–Trinajstić information content (AvgIpc) is 3.24. The molecule has 0 radical (unpaired) electrons. The maximum atomic E-state index is 6.14. The van der Waals surface area contributed by atoms with Gasteiger partial charge in [-0.05, 0) is 56.1 Å². The number of nitrogens with zero attached hydrogens (tertiary/aromatic N) is 5. The molecule has 5 N–H and O–H groups in total. The molecular formula is C23H30N8. The Balaban J connectivity index is 1.49. The van der Waals surface area contributed by atoms with Gasteiger partial charge in [0, 0.05) is 42.3 Å². The fourth-order valence-electron chi connectivity index (χ4n) is 3.86. The van der Waals surface area contributed by atoms with Crippen molar-refractivity contribution >= 4 is 28.0 Å². The van der Waals surface area contributed by atoms with Gasteiger partial charge in [0.25, 0.3) is 0 Å². The van der Waals surface area contributed by atoms with Gasteiger partial charge in [-0.3, -0.25) is 4.68 Å². The lowest BCUT2D eigenvalue weighted by Crippen LogP contribution is -2.31. The van der Waals surface area contributed by atoms with Crippen LogP contribution in [-0.2, 0) is 0 Å². The van der Waals surface area contributed by atoms with Gasteiger partial charge in [-0.25, -0.2) is 10.8 Å². The van der Waals surface area contributed by atoms with Crippen molar-refractivity contribution in [1.29, 1.82) is 0 Å². The quantitative estimate of drug-likeness (QED) is 0.418. The summed E-state index contributed by atoms with van der Waals surface area (Å²) in [6.07, 6.45) is 9.69. The lowest BCUT2D eigenvalue weighted by molar-refractivity contribution is 0.212. The van der Waals surface area contributed by atoms with Crippen molar-refractivity contribution in [2.75, 3.05) is 32.5 Å². The van der Waals surface area contributed by atoms with Gasteiger partial charge in [-0.2, -0.15) is 5.10 Å². The van der Waals surface area contributed by atoms with Crippen molar-refractivity contribution in [1.82, 2.24) is 24.7 Å². The fourth-order valence-corrected chi connectivity index (χ4v) is 3.86. The van der Waals surface area contributed by atoms with E-state index >= 15 is 0 Å². The molecule has 0 bridgehead atoms. The average molecular weight is 419 g/mol. The van der Waals surface area contributed by atoms with E-state index in [2.05, 4.69) is 44.8 Å². The Labute approximate surface area is 182 Å². The summed E-state index contributed by atoms with van der Waals surface area (Å²) in [7, 11) is 3.90. The topological polar surface area (TPSA) is 101 Å². The van der Waals surface area contributed by atoms with Gasteiger partial charge < -0.3 is 21.0 Å². The molecule has 162 valence electrons. The minimum Gasteiger partial charge on any atom is -0.397 e. The van der Waals surface area contributed by atoms with Crippen LogP contribution in [0.4, 0.5) is 5.82 Å². The molecule has 31 heavy (non-hydrogen) atoms. The summed E-state index contributed by atoms with van der Waals surface area (Å²) in [6.45, 7) is 6.39. The van der Waals surface area contributed by atoms with E-state index in [1.54, 1.807) is 13.2 Å². The van der Waals surface area contributed by atoms with Crippen LogP contribution in [-0.4, -0.2) is 51.9 Å². The zero-order valence-corrected chi connectivity index (χ0v) is 18.1. The third kappa shape index (κ3) is 4.87. The number of benzene rings is 1. The number of hydrogen-bond donors (Lipinski definition) is 3. The van der Waals surface area contributed by atoms with E-state index in [1.807, 2.05) is 36.7 Å². The lowest BCUT2D eigenvalue weighted by Gasteiger charge is -2.28. The van der Waals surface area contributed by atoms with Crippen molar-refractivity contribution in [3.05, 3.63) is 66.8 Å². The molecule has 3 heterocycles. The maximum absolute atomic E-state index is 6.14. The second kappa shape index (κ2) is 8.79. The number of hydrogen-bond acceptors (Lipinski definition) is 7. The molecule has 0 amide bonds. The Morgan fingerprint density at radius 1 is 1.19 bits per heavy atom. The Hall–Kier alpha value is -3.36. The molecule has 3 aromatic rings. The molecule has 1 saturated heterocycles. The standard InChI is InChI=1S/C23H30N8/c1-16(20-13-27-31(14-20)21-6-8-29(2)9-7-21)28-23-11-19-10-17(22(24)15-30(3)25)4-5-18(19)12-26-23/h4-5,10-15,21H,1,6-9,24-25H2,2-3H3,(H,26,28)/b22-15-. The first-order valence-corrected chi connectivity index (χ1v) is 10.4. The van der Waals surface area contributed by atoms with E-state index in [0.717, 1.165) is 59.3 Å². The summed E-state index contributed by atoms with van der Waals surface area (Å²) in [5, 5.41) is 11.4. The summed E-state index contributed by atoms with van der Waals surface area (Å²) < 4.78 is 2.07. The number of rotatable bonds is 6. The molecule has 0 aliphatic carbocycles.